The second-order valence-electron chi connectivity index (χ2n) is 5.72. The molecule has 0 bridgehead atoms. The van der Waals surface area contributed by atoms with Crippen molar-refractivity contribution in [1.29, 1.82) is 0 Å². The van der Waals surface area contributed by atoms with E-state index in [4.69, 9.17) is 0 Å². The number of urea groups is 1. The Labute approximate surface area is 148 Å². The van der Waals surface area contributed by atoms with Gasteiger partial charge in [-0.05, 0) is 42.3 Å². The van der Waals surface area contributed by atoms with E-state index in [1.807, 2.05) is 0 Å². The van der Waals surface area contributed by atoms with Gasteiger partial charge in [0.15, 0.2) is 11.6 Å². The third-order valence-electron chi connectivity index (χ3n) is 3.70. The molecule has 0 fully saturated rings. The van der Waals surface area contributed by atoms with Crippen LogP contribution in [-0.4, -0.2) is 24.6 Å². The van der Waals surface area contributed by atoms with Crippen molar-refractivity contribution in [3.05, 3.63) is 65.2 Å². The Morgan fingerprint density at radius 1 is 1.12 bits per heavy atom. The summed E-state index contributed by atoms with van der Waals surface area (Å²) in [5.74, 6) is -1.91. The minimum atomic E-state index is -2.90. The highest BCUT2D eigenvalue weighted by Gasteiger charge is 2.15. The lowest BCUT2D eigenvalue weighted by atomic mass is 10.1. The number of hydrogen-bond acceptors (Lipinski definition) is 2. The largest absolute Gasteiger partial charge is 0.435 e. The molecule has 0 aliphatic rings. The molecule has 0 heterocycles. The zero-order valence-corrected chi connectivity index (χ0v) is 14.2. The summed E-state index contributed by atoms with van der Waals surface area (Å²) in [5.41, 5.74) is 1.14. The standard InChI is InChI=1S/C18H18F4N2O2/c1-11(13-5-8-15(19)16(20)9-13)23-18(25)24(2)10-12-3-6-14(7-4-12)26-17(21)22/h3-9,11,17H,10H2,1-2H3,(H,23,25). The Kier molecular flexibility index (Phi) is 6.43. The first-order valence-electron chi connectivity index (χ1n) is 7.76. The fraction of sp³-hybridized carbons (Fsp3) is 0.278. The summed E-state index contributed by atoms with van der Waals surface area (Å²) >= 11 is 0. The van der Waals surface area contributed by atoms with E-state index in [9.17, 15) is 22.4 Å². The van der Waals surface area contributed by atoms with E-state index in [0.29, 0.717) is 11.1 Å². The zero-order valence-electron chi connectivity index (χ0n) is 14.2. The van der Waals surface area contributed by atoms with Gasteiger partial charge in [-0.1, -0.05) is 18.2 Å². The highest BCUT2D eigenvalue weighted by Crippen LogP contribution is 2.18. The first-order valence-corrected chi connectivity index (χ1v) is 7.76. The lowest BCUT2D eigenvalue weighted by Crippen LogP contribution is -2.38. The van der Waals surface area contributed by atoms with Crippen LogP contribution in [0.15, 0.2) is 42.5 Å². The van der Waals surface area contributed by atoms with Gasteiger partial charge in [0.05, 0.1) is 6.04 Å². The molecule has 0 spiro atoms. The Morgan fingerprint density at radius 3 is 2.35 bits per heavy atom. The van der Waals surface area contributed by atoms with Crippen LogP contribution in [0.25, 0.3) is 0 Å². The van der Waals surface area contributed by atoms with Gasteiger partial charge < -0.3 is 15.0 Å². The predicted molar refractivity (Wildman–Crippen MR) is 87.8 cm³/mol. The molecule has 0 saturated carbocycles. The lowest BCUT2D eigenvalue weighted by Gasteiger charge is -2.22. The molecule has 0 aromatic heterocycles. The molecule has 1 N–H and O–H groups in total. The third kappa shape index (κ3) is 5.37. The monoisotopic (exact) mass is 370 g/mol. The minimum Gasteiger partial charge on any atom is -0.435 e. The molecule has 0 saturated heterocycles. The van der Waals surface area contributed by atoms with Crippen LogP contribution in [0.2, 0.25) is 0 Å². The van der Waals surface area contributed by atoms with Crippen LogP contribution < -0.4 is 10.1 Å². The van der Waals surface area contributed by atoms with Crippen LogP contribution in [0.5, 0.6) is 5.75 Å². The zero-order chi connectivity index (χ0) is 19.3. The maximum atomic E-state index is 13.3. The summed E-state index contributed by atoms with van der Waals surface area (Å²) in [5, 5.41) is 2.67. The summed E-state index contributed by atoms with van der Waals surface area (Å²) in [7, 11) is 1.55. The average molecular weight is 370 g/mol. The fourth-order valence-electron chi connectivity index (χ4n) is 2.28. The van der Waals surface area contributed by atoms with Crippen molar-refractivity contribution in [3.63, 3.8) is 0 Å². The molecule has 0 aliphatic carbocycles. The Balaban J connectivity index is 1.93. The normalized spacial score (nSPS) is 12.0. The number of halogens is 4. The van der Waals surface area contributed by atoms with Crippen molar-refractivity contribution < 1.29 is 27.1 Å². The molecular weight excluding hydrogens is 352 g/mol. The summed E-state index contributed by atoms with van der Waals surface area (Å²) in [6.07, 6.45) is 0. The number of nitrogens with one attached hydrogen (secondary N) is 1. The van der Waals surface area contributed by atoms with Crippen LogP contribution in [0, 0.1) is 11.6 Å². The van der Waals surface area contributed by atoms with E-state index in [-0.39, 0.29) is 12.3 Å². The molecule has 0 radical (unpaired) electrons. The molecular formula is C18H18F4N2O2. The first-order chi connectivity index (χ1) is 12.3. The SMILES string of the molecule is CC(NC(=O)N(C)Cc1ccc(OC(F)F)cc1)c1ccc(F)c(F)c1. The Morgan fingerprint density at radius 2 is 1.77 bits per heavy atom. The van der Waals surface area contributed by atoms with Gasteiger partial charge in [0.25, 0.3) is 0 Å². The highest BCUT2D eigenvalue weighted by atomic mass is 19.3. The van der Waals surface area contributed by atoms with Crippen molar-refractivity contribution in [1.82, 2.24) is 10.2 Å². The van der Waals surface area contributed by atoms with Crippen molar-refractivity contribution in [2.75, 3.05) is 7.05 Å². The van der Waals surface area contributed by atoms with Crippen molar-refractivity contribution >= 4 is 6.03 Å². The van der Waals surface area contributed by atoms with Gasteiger partial charge in [0.1, 0.15) is 5.75 Å². The Bertz CT molecular complexity index is 753. The number of benzene rings is 2. The smallest absolute Gasteiger partial charge is 0.387 e. The van der Waals surface area contributed by atoms with Crippen LogP contribution in [0.1, 0.15) is 24.1 Å². The van der Waals surface area contributed by atoms with E-state index in [0.717, 1.165) is 12.1 Å². The van der Waals surface area contributed by atoms with E-state index in [1.54, 1.807) is 26.1 Å². The highest BCUT2D eigenvalue weighted by molar-refractivity contribution is 5.74. The molecule has 1 atom stereocenters. The summed E-state index contributed by atoms with van der Waals surface area (Å²) in [4.78, 5) is 13.6. The quantitative estimate of drug-likeness (QED) is 0.763. The minimum absolute atomic E-state index is 0.0304. The summed E-state index contributed by atoms with van der Waals surface area (Å²) < 4.78 is 54.7. The van der Waals surface area contributed by atoms with Crippen LogP contribution in [-0.2, 0) is 6.54 Å². The lowest BCUT2D eigenvalue weighted by molar-refractivity contribution is -0.0498. The summed E-state index contributed by atoms with van der Waals surface area (Å²) in [6, 6.07) is 8.39. The molecule has 2 rings (SSSR count). The number of alkyl halides is 2. The number of nitrogens with zero attached hydrogens (tertiary/aromatic N) is 1. The third-order valence-corrected chi connectivity index (χ3v) is 3.70. The van der Waals surface area contributed by atoms with Gasteiger partial charge >= 0.3 is 12.6 Å². The van der Waals surface area contributed by atoms with Crippen LogP contribution >= 0.6 is 0 Å². The molecule has 2 aromatic rings. The maximum Gasteiger partial charge on any atom is 0.387 e. The second-order valence-corrected chi connectivity index (χ2v) is 5.72. The fourth-order valence-corrected chi connectivity index (χ4v) is 2.28. The van der Waals surface area contributed by atoms with Gasteiger partial charge in [0.2, 0.25) is 0 Å². The molecule has 2 aromatic carbocycles. The molecule has 140 valence electrons. The van der Waals surface area contributed by atoms with Gasteiger partial charge in [-0.15, -0.1) is 0 Å². The van der Waals surface area contributed by atoms with Crippen molar-refractivity contribution in [2.45, 2.75) is 26.1 Å². The van der Waals surface area contributed by atoms with Crippen LogP contribution in [0.3, 0.4) is 0 Å². The molecule has 0 aliphatic heterocycles. The van der Waals surface area contributed by atoms with E-state index in [1.165, 1.54) is 23.1 Å². The van der Waals surface area contributed by atoms with Gasteiger partial charge in [-0.3, -0.25) is 0 Å². The topological polar surface area (TPSA) is 41.6 Å². The number of rotatable bonds is 6. The van der Waals surface area contributed by atoms with E-state index >= 15 is 0 Å². The molecule has 4 nitrogen and oxygen atoms in total. The summed E-state index contributed by atoms with van der Waals surface area (Å²) in [6.45, 7) is -1.02. The number of carbonyl (C=O) groups excluding carboxylic acids is 1. The first kappa shape index (κ1) is 19.6. The van der Waals surface area contributed by atoms with Crippen molar-refractivity contribution in [2.24, 2.45) is 0 Å². The van der Waals surface area contributed by atoms with Crippen LogP contribution in [0.4, 0.5) is 22.4 Å². The predicted octanol–water partition coefficient (Wildman–Crippen LogP) is 4.47. The number of hydrogen-bond donors (Lipinski definition) is 1. The van der Waals surface area contributed by atoms with Gasteiger partial charge in [0, 0.05) is 13.6 Å². The van der Waals surface area contributed by atoms with Crippen molar-refractivity contribution in [3.8, 4) is 5.75 Å². The maximum absolute atomic E-state index is 13.3. The average Bonchev–Trinajstić information content (AvgIpc) is 2.58. The molecule has 2 amide bonds. The number of amides is 2. The van der Waals surface area contributed by atoms with E-state index < -0.39 is 30.3 Å². The van der Waals surface area contributed by atoms with Gasteiger partial charge in [-0.25, -0.2) is 13.6 Å². The van der Waals surface area contributed by atoms with Gasteiger partial charge in [-0.2, -0.15) is 8.78 Å². The number of ether oxygens (including phenoxy) is 1. The molecule has 1 unspecified atom stereocenters. The second kappa shape index (κ2) is 8.55. The molecule has 8 heteroatoms. The Hall–Kier alpha value is -2.77. The molecule has 26 heavy (non-hydrogen) atoms. The number of carbonyl (C=O) groups is 1. The van der Waals surface area contributed by atoms with E-state index in [2.05, 4.69) is 10.1 Å².